The summed E-state index contributed by atoms with van der Waals surface area (Å²) in [5, 5.41) is 14.0. The minimum atomic E-state index is -3.49. The van der Waals surface area contributed by atoms with Crippen molar-refractivity contribution in [2.75, 3.05) is 11.6 Å². The van der Waals surface area contributed by atoms with Crippen LogP contribution in [0.5, 0.6) is 0 Å². The number of nitro benzene ring substituents is 1. The summed E-state index contributed by atoms with van der Waals surface area (Å²) < 4.78 is 22.9. The van der Waals surface area contributed by atoms with E-state index in [1.54, 1.807) is 12.1 Å². The van der Waals surface area contributed by atoms with Gasteiger partial charge in [0.1, 0.15) is 5.69 Å². The molecule has 0 aliphatic heterocycles. The molecule has 0 bridgehead atoms. The maximum atomic E-state index is 11.5. The van der Waals surface area contributed by atoms with Gasteiger partial charge < -0.3 is 5.32 Å². The molecule has 0 unspecified atom stereocenters. The first-order valence-electron chi connectivity index (χ1n) is 6.09. The minimum absolute atomic E-state index is 0.0799. The number of nitro groups is 1. The molecule has 0 aliphatic rings. The molecule has 0 aromatic heterocycles. The Morgan fingerprint density at radius 2 is 1.71 bits per heavy atom. The molecule has 1 N–H and O–H groups in total. The van der Waals surface area contributed by atoms with Gasteiger partial charge in [-0.1, -0.05) is 17.7 Å². The summed E-state index contributed by atoms with van der Waals surface area (Å²) in [4.78, 5) is 10.4. The molecule has 0 atom stereocenters. The summed E-state index contributed by atoms with van der Waals surface area (Å²) in [7, 11) is -3.49. The number of hydrogen-bond donors (Lipinski definition) is 1. The van der Waals surface area contributed by atoms with Crippen molar-refractivity contribution in [3.05, 3.63) is 58.1 Å². The second-order valence-electron chi connectivity index (χ2n) is 4.70. The Bertz CT molecular complexity index is 783. The van der Waals surface area contributed by atoms with Crippen LogP contribution in [-0.4, -0.2) is 19.6 Å². The molecule has 110 valence electrons. The van der Waals surface area contributed by atoms with Crippen LogP contribution in [-0.2, 0) is 9.84 Å². The standard InChI is InChI=1S/C14H14N2O4S/c1-10-3-5-11(6-4-10)15-13-8-7-12(21(2,19)20)9-14(13)16(17)18/h3-9,15H,1-2H3. The fourth-order valence-electron chi connectivity index (χ4n) is 1.79. The average molecular weight is 306 g/mol. The maximum absolute atomic E-state index is 11.5. The molecule has 2 rings (SSSR count). The molecule has 0 spiro atoms. The molecule has 0 saturated carbocycles. The van der Waals surface area contributed by atoms with Crippen molar-refractivity contribution in [3.63, 3.8) is 0 Å². The molecule has 0 fully saturated rings. The van der Waals surface area contributed by atoms with Crippen molar-refractivity contribution in [1.82, 2.24) is 0 Å². The number of aryl methyl sites for hydroxylation is 1. The van der Waals surface area contributed by atoms with Crippen LogP contribution in [0.25, 0.3) is 0 Å². The third kappa shape index (κ3) is 3.57. The van der Waals surface area contributed by atoms with Crippen LogP contribution in [0, 0.1) is 17.0 Å². The van der Waals surface area contributed by atoms with E-state index in [-0.39, 0.29) is 16.3 Å². The average Bonchev–Trinajstić information content (AvgIpc) is 2.40. The normalized spacial score (nSPS) is 11.1. The Hall–Kier alpha value is -2.41. The van der Waals surface area contributed by atoms with Gasteiger partial charge in [0.25, 0.3) is 5.69 Å². The van der Waals surface area contributed by atoms with Crippen LogP contribution in [0.3, 0.4) is 0 Å². The largest absolute Gasteiger partial charge is 0.350 e. The third-order valence-electron chi connectivity index (χ3n) is 2.92. The number of rotatable bonds is 4. The first kappa shape index (κ1) is 15.0. The number of nitrogens with zero attached hydrogens (tertiary/aromatic N) is 1. The lowest BCUT2D eigenvalue weighted by Crippen LogP contribution is -2.02. The van der Waals surface area contributed by atoms with Gasteiger partial charge in [0, 0.05) is 18.0 Å². The van der Waals surface area contributed by atoms with Crippen molar-refractivity contribution in [1.29, 1.82) is 0 Å². The molecule has 0 amide bonds. The quantitative estimate of drug-likeness (QED) is 0.692. The zero-order chi connectivity index (χ0) is 15.6. The van der Waals surface area contributed by atoms with Crippen LogP contribution < -0.4 is 5.32 Å². The first-order valence-corrected chi connectivity index (χ1v) is 7.99. The van der Waals surface area contributed by atoms with Gasteiger partial charge in [-0.25, -0.2) is 8.42 Å². The fraction of sp³-hybridized carbons (Fsp3) is 0.143. The highest BCUT2D eigenvalue weighted by Crippen LogP contribution is 2.30. The molecule has 21 heavy (non-hydrogen) atoms. The van der Waals surface area contributed by atoms with E-state index in [1.807, 2.05) is 19.1 Å². The second-order valence-corrected chi connectivity index (χ2v) is 6.71. The topological polar surface area (TPSA) is 89.3 Å². The van der Waals surface area contributed by atoms with E-state index in [4.69, 9.17) is 0 Å². The summed E-state index contributed by atoms with van der Waals surface area (Å²) in [6.45, 7) is 1.94. The van der Waals surface area contributed by atoms with E-state index in [2.05, 4.69) is 5.32 Å². The summed E-state index contributed by atoms with van der Waals surface area (Å²) in [6.07, 6.45) is 1.01. The third-order valence-corrected chi connectivity index (χ3v) is 4.03. The predicted molar refractivity (Wildman–Crippen MR) is 80.7 cm³/mol. The van der Waals surface area contributed by atoms with Crippen molar-refractivity contribution in [2.45, 2.75) is 11.8 Å². The number of nitrogens with one attached hydrogen (secondary N) is 1. The van der Waals surface area contributed by atoms with E-state index >= 15 is 0 Å². The molecule has 7 heteroatoms. The minimum Gasteiger partial charge on any atom is -0.350 e. The monoisotopic (exact) mass is 306 g/mol. The number of anilines is 2. The molecule has 0 heterocycles. The molecular weight excluding hydrogens is 292 g/mol. The van der Waals surface area contributed by atoms with Gasteiger partial charge in [-0.05, 0) is 31.2 Å². The van der Waals surface area contributed by atoms with Crippen molar-refractivity contribution in [2.24, 2.45) is 0 Å². The summed E-state index contributed by atoms with van der Waals surface area (Å²) in [6, 6.07) is 11.1. The lowest BCUT2D eigenvalue weighted by atomic mass is 10.2. The van der Waals surface area contributed by atoms with Crippen molar-refractivity contribution < 1.29 is 13.3 Å². The zero-order valence-electron chi connectivity index (χ0n) is 11.5. The number of hydrogen-bond acceptors (Lipinski definition) is 5. The van der Waals surface area contributed by atoms with Crippen LogP contribution in [0.2, 0.25) is 0 Å². The fourth-order valence-corrected chi connectivity index (χ4v) is 2.43. The van der Waals surface area contributed by atoms with E-state index in [1.165, 1.54) is 12.1 Å². The van der Waals surface area contributed by atoms with E-state index in [0.29, 0.717) is 5.69 Å². The Morgan fingerprint density at radius 1 is 1.10 bits per heavy atom. The van der Waals surface area contributed by atoms with Crippen LogP contribution in [0.1, 0.15) is 5.56 Å². The molecule has 6 nitrogen and oxygen atoms in total. The zero-order valence-corrected chi connectivity index (χ0v) is 12.3. The predicted octanol–water partition coefficient (Wildman–Crippen LogP) is 3.05. The summed E-state index contributed by atoms with van der Waals surface area (Å²) in [5.74, 6) is 0. The van der Waals surface area contributed by atoms with Gasteiger partial charge in [0.15, 0.2) is 9.84 Å². The SMILES string of the molecule is Cc1ccc(Nc2ccc(S(C)(=O)=O)cc2[N+](=O)[O-])cc1. The lowest BCUT2D eigenvalue weighted by Gasteiger charge is -2.08. The molecular formula is C14H14N2O4S. The van der Waals surface area contributed by atoms with Gasteiger partial charge in [-0.2, -0.15) is 0 Å². The summed E-state index contributed by atoms with van der Waals surface area (Å²) >= 11 is 0. The number of sulfone groups is 1. The number of benzene rings is 2. The van der Waals surface area contributed by atoms with Crippen LogP contribution in [0.15, 0.2) is 47.4 Å². The highest BCUT2D eigenvalue weighted by molar-refractivity contribution is 7.90. The molecule has 0 radical (unpaired) electrons. The first-order chi connectivity index (χ1) is 9.77. The molecule has 0 aliphatic carbocycles. The smallest absolute Gasteiger partial charge is 0.293 e. The van der Waals surface area contributed by atoms with Crippen molar-refractivity contribution >= 4 is 26.9 Å². The Labute approximate surface area is 122 Å². The van der Waals surface area contributed by atoms with Gasteiger partial charge in [-0.3, -0.25) is 10.1 Å². The Balaban J connectivity index is 2.44. The van der Waals surface area contributed by atoms with Gasteiger partial charge >= 0.3 is 0 Å². The van der Waals surface area contributed by atoms with Crippen molar-refractivity contribution in [3.8, 4) is 0 Å². The van der Waals surface area contributed by atoms with E-state index in [9.17, 15) is 18.5 Å². The second kappa shape index (κ2) is 5.53. The molecule has 2 aromatic rings. The van der Waals surface area contributed by atoms with E-state index < -0.39 is 14.8 Å². The van der Waals surface area contributed by atoms with Gasteiger partial charge in [0.05, 0.1) is 9.82 Å². The van der Waals surface area contributed by atoms with Gasteiger partial charge in [-0.15, -0.1) is 0 Å². The Kier molecular flexibility index (Phi) is 3.95. The maximum Gasteiger partial charge on any atom is 0.293 e. The van der Waals surface area contributed by atoms with Crippen LogP contribution >= 0.6 is 0 Å². The van der Waals surface area contributed by atoms with E-state index in [0.717, 1.165) is 17.9 Å². The Morgan fingerprint density at radius 3 is 2.24 bits per heavy atom. The highest BCUT2D eigenvalue weighted by atomic mass is 32.2. The molecule has 0 saturated heterocycles. The van der Waals surface area contributed by atoms with Crippen LogP contribution in [0.4, 0.5) is 17.1 Å². The molecule has 2 aromatic carbocycles. The highest BCUT2D eigenvalue weighted by Gasteiger charge is 2.18. The van der Waals surface area contributed by atoms with Gasteiger partial charge in [0.2, 0.25) is 0 Å². The lowest BCUT2D eigenvalue weighted by molar-refractivity contribution is -0.384. The summed E-state index contributed by atoms with van der Waals surface area (Å²) in [5.41, 5.74) is 1.73.